The molecule has 1 aromatic carbocycles. The first-order valence-corrected chi connectivity index (χ1v) is 12.6. The highest BCUT2D eigenvalue weighted by Gasteiger charge is 2.25. The number of benzene rings is 1. The summed E-state index contributed by atoms with van der Waals surface area (Å²) in [5.74, 6) is 0.594. The third-order valence-electron chi connectivity index (χ3n) is 6.64. The van der Waals surface area contributed by atoms with Gasteiger partial charge in [-0.3, -0.25) is 9.78 Å². The van der Waals surface area contributed by atoms with E-state index in [1.807, 2.05) is 18.2 Å². The van der Waals surface area contributed by atoms with Crippen LogP contribution in [-0.2, 0) is 0 Å². The molecule has 2 N–H and O–H groups in total. The molecular weight excluding hydrogens is 618 g/mol. The number of aromatic nitrogens is 3. The van der Waals surface area contributed by atoms with Gasteiger partial charge in [0.25, 0.3) is 0 Å². The number of hydrogen-bond donors (Lipinski definition) is 2. The van der Waals surface area contributed by atoms with Gasteiger partial charge in [0.15, 0.2) is 11.5 Å². The minimum atomic E-state index is -0.183. The van der Waals surface area contributed by atoms with Crippen LogP contribution in [0.15, 0.2) is 48.8 Å². The summed E-state index contributed by atoms with van der Waals surface area (Å²) in [4.78, 5) is 30.9. The van der Waals surface area contributed by atoms with Crippen LogP contribution in [0.3, 0.4) is 0 Å². The number of carbonyl (C=O) groups excluding carboxylic acids is 1. The van der Waals surface area contributed by atoms with Gasteiger partial charge in [-0.1, -0.05) is 23.2 Å². The molecule has 0 bridgehead atoms. The van der Waals surface area contributed by atoms with E-state index in [1.54, 1.807) is 30.6 Å². The Bertz CT molecular complexity index is 1480. The van der Waals surface area contributed by atoms with E-state index in [4.69, 9.17) is 28.2 Å². The lowest BCUT2D eigenvalue weighted by Crippen LogP contribution is -2.31. The molecule has 5 rings (SSSR count). The number of carbonyl (C=O) groups is 1. The number of nitrogens with zero attached hydrogens (tertiary/aromatic N) is 5. The molecular formula is C27H29Cl5N6O2. The fourth-order valence-electron chi connectivity index (χ4n) is 4.50. The lowest BCUT2D eigenvalue weighted by atomic mass is 10.1. The molecule has 1 fully saturated rings. The van der Waals surface area contributed by atoms with Crippen molar-refractivity contribution in [1.29, 1.82) is 0 Å². The Morgan fingerprint density at radius 2 is 1.75 bits per heavy atom. The number of hydrogen-bond acceptors (Lipinski definition) is 8. The maximum absolute atomic E-state index is 12.5. The molecule has 1 atom stereocenters. The minimum absolute atomic E-state index is 0. The van der Waals surface area contributed by atoms with Crippen molar-refractivity contribution < 1.29 is 9.90 Å². The van der Waals surface area contributed by atoms with E-state index >= 15 is 0 Å². The summed E-state index contributed by atoms with van der Waals surface area (Å²) in [5.41, 5.74) is 4.01. The molecule has 4 aromatic rings. The normalized spacial score (nSPS) is 14.3. The van der Waals surface area contributed by atoms with Gasteiger partial charge in [-0.25, -0.2) is 9.97 Å². The number of pyridine rings is 3. The SMILES string of the molecule is CC(=O)c1cnc2ccc(-c3cc(Cl)c(O)c(Cl)c3)nc2c1Nc1ccc(N2CCC(N(C)C)C2)nc1.Cl.Cl.Cl. The Balaban J connectivity index is 0.00000187. The fraction of sp³-hybridized carbons (Fsp3) is 0.259. The van der Waals surface area contributed by atoms with Crippen molar-refractivity contribution in [2.45, 2.75) is 19.4 Å². The number of likely N-dealkylation sites (N-methyl/N-ethyl adjacent to an activating group) is 1. The molecule has 214 valence electrons. The fourth-order valence-corrected chi connectivity index (χ4v) is 4.98. The van der Waals surface area contributed by atoms with Crippen molar-refractivity contribution in [1.82, 2.24) is 19.9 Å². The molecule has 1 aliphatic heterocycles. The van der Waals surface area contributed by atoms with Crippen molar-refractivity contribution in [3.8, 4) is 17.0 Å². The molecule has 4 heterocycles. The predicted molar refractivity (Wildman–Crippen MR) is 170 cm³/mol. The van der Waals surface area contributed by atoms with E-state index in [-0.39, 0.29) is 58.8 Å². The standard InChI is InChI=1S/C27H26Cl2N6O2.3ClH/c1-15(36)19-13-30-23-6-5-22(16-10-20(28)27(37)21(29)11-16)33-26(23)25(19)32-17-4-7-24(31-12-17)35-9-8-18(14-35)34(2)3;;;/h4-7,10-13,18,37H,8-9,14H2,1-3H3,(H,30,32);3*1H. The van der Waals surface area contributed by atoms with E-state index in [2.05, 4.69) is 39.2 Å². The van der Waals surface area contributed by atoms with Gasteiger partial charge in [0.2, 0.25) is 0 Å². The van der Waals surface area contributed by atoms with E-state index in [1.165, 1.54) is 6.92 Å². The second kappa shape index (κ2) is 13.9. The lowest BCUT2D eigenvalue weighted by molar-refractivity contribution is 0.101. The van der Waals surface area contributed by atoms with E-state index in [9.17, 15) is 9.90 Å². The van der Waals surface area contributed by atoms with Gasteiger partial charge in [0.1, 0.15) is 11.3 Å². The van der Waals surface area contributed by atoms with Crippen LogP contribution in [0.2, 0.25) is 10.0 Å². The van der Waals surface area contributed by atoms with Crippen molar-refractivity contribution in [2.75, 3.05) is 37.4 Å². The van der Waals surface area contributed by atoms with E-state index in [0.29, 0.717) is 39.6 Å². The van der Waals surface area contributed by atoms with Gasteiger partial charge in [-0.2, -0.15) is 0 Å². The van der Waals surface area contributed by atoms with E-state index < -0.39 is 0 Å². The third-order valence-corrected chi connectivity index (χ3v) is 7.22. The summed E-state index contributed by atoms with van der Waals surface area (Å²) in [5, 5.41) is 13.5. The highest BCUT2D eigenvalue weighted by molar-refractivity contribution is 6.37. The second-order valence-corrected chi connectivity index (χ2v) is 10.2. The average molecular weight is 647 g/mol. The van der Waals surface area contributed by atoms with Gasteiger partial charge in [0.05, 0.1) is 44.4 Å². The van der Waals surface area contributed by atoms with Gasteiger partial charge >= 0.3 is 0 Å². The molecule has 40 heavy (non-hydrogen) atoms. The molecule has 13 heteroatoms. The minimum Gasteiger partial charge on any atom is -0.505 e. The number of phenolic OH excluding ortho intramolecular Hbond substituents is 1. The summed E-state index contributed by atoms with van der Waals surface area (Å²) < 4.78 is 0. The summed E-state index contributed by atoms with van der Waals surface area (Å²) in [7, 11) is 4.20. The number of nitrogens with one attached hydrogen (secondary N) is 1. The largest absolute Gasteiger partial charge is 0.505 e. The number of halogens is 5. The first kappa shape index (κ1) is 33.6. The number of rotatable bonds is 6. The van der Waals surface area contributed by atoms with E-state index in [0.717, 1.165) is 31.0 Å². The number of Topliss-reactive ketones (excluding diaryl/α,β-unsaturated/α-hetero) is 1. The van der Waals surface area contributed by atoms with Crippen LogP contribution < -0.4 is 10.2 Å². The zero-order valence-electron chi connectivity index (χ0n) is 21.9. The molecule has 0 radical (unpaired) electrons. The monoisotopic (exact) mass is 644 g/mol. The molecule has 1 aliphatic rings. The molecule has 3 aromatic heterocycles. The van der Waals surface area contributed by atoms with Crippen LogP contribution in [0.1, 0.15) is 23.7 Å². The Hall–Kier alpha value is -2.59. The van der Waals surface area contributed by atoms with Gasteiger partial charge in [-0.15, -0.1) is 37.2 Å². The molecule has 8 nitrogen and oxygen atoms in total. The predicted octanol–water partition coefficient (Wildman–Crippen LogP) is 7.06. The summed E-state index contributed by atoms with van der Waals surface area (Å²) in [6, 6.07) is 11.2. The number of anilines is 3. The first-order chi connectivity index (χ1) is 17.7. The van der Waals surface area contributed by atoms with Crippen LogP contribution in [-0.4, -0.2) is 64.0 Å². The molecule has 1 unspecified atom stereocenters. The zero-order chi connectivity index (χ0) is 26.3. The van der Waals surface area contributed by atoms with Crippen molar-refractivity contribution in [2.24, 2.45) is 0 Å². The Labute approximate surface area is 261 Å². The molecule has 1 saturated heterocycles. The number of aromatic hydroxyl groups is 1. The maximum Gasteiger partial charge on any atom is 0.163 e. The Morgan fingerprint density at radius 3 is 2.33 bits per heavy atom. The number of ketones is 1. The summed E-state index contributed by atoms with van der Waals surface area (Å²) >= 11 is 12.3. The highest BCUT2D eigenvalue weighted by atomic mass is 35.5. The van der Waals surface area contributed by atoms with Crippen LogP contribution in [0.5, 0.6) is 5.75 Å². The third kappa shape index (κ3) is 6.82. The second-order valence-electron chi connectivity index (χ2n) is 9.34. The maximum atomic E-state index is 12.5. The van der Waals surface area contributed by atoms with Crippen LogP contribution in [0, 0.1) is 0 Å². The van der Waals surface area contributed by atoms with Gasteiger partial charge in [-0.05, 0) is 63.8 Å². The summed E-state index contributed by atoms with van der Waals surface area (Å²) in [6.07, 6.45) is 4.42. The number of phenols is 1. The van der Waals surface area contributed by atoms with Crippen molar-refractivity contribution >= 4 is 94.4 Å². The van der Waals surface area contributed by atoms with Crippen LogP contribution in [0.4, 0.5) is 17.2 Å². The molecule has 0 saturated carbocycles. The molecule has 0 amide bonds. The van der Waals surface area contributed by atoms with Gasteiger partial charge in [0, 0.05) is 30.9 Å². The highest BCUT2D eigenvalue weighted by Crippen LogP contribution is 2.37. The first-order valence-electron chi connectivity index (χ1n) is 11.8. The Morgan fingerprint density at radius 1 is 1.05 bits per heavy atom. The van der Waals surface area contributed by atoms with Crippen molar-refractivity contribution in [3.05, 3.63) is 64.4 Å². The Kier molecular flexibility index (Phi) is 11.6. The lowest BCUT2D eigenvalue weighted by Gasteiger charge is -2.21. The van der Waals surface area contributed by atoms with Crippen LogP contribution >= 0.6 is 60.4 Å². The zero-order valence-corrected chi connectivity index (χ0v) is 25.9. The van der Waals surface area contributed by atoms with Gasteiger partial charge < -0.3 is 20.2 Å². The summed E-state index contributed by atoms with van der Waals surface area (Å²) in [6.45, 7) is 3.39. The number of fused-ring (bicyclic) bond motifs is 1. The van der Waals surface area contributed by atoms with Crippen molar-refractivity contribution in [3.63, 3.8) is 0 Å². The molecule has 0 aliphatic carbocycles. The quantitative estimate of drug-likeness (QED) is 0.215. The smallest absolute Gasteiger partial charge is 0.163 e. The molecule has 0 spiro atoms. The van der Waals surface area contributed by atoms with Crippen LogP contribution in [0.25, 0.3) is 22.3 Å². The average Bonchev–Trinajstić information content (AvgIpc) is 3.38. The topological polar surface area (TPSA) is 94.5 Å².